The molecular weight excluding hydrogens is 288 g/mol. The van der Waals surface area contributed by atoms with Crippen molar-refractivity contribution in [2.75, 3.05) is 0 Å². The zero-order valence-electron chi connectivity index (χ0n) is 18.0. The third-order valence-electron chi connectivity index (χ3n) is 5.67. The van der Waals surface area contributed by atoms with Crippen LogP contribution < -0.4 is 0 Å². The molecule has 146 valence electrons. The van der Waals surface area contributed by atoms with E-state index in [1.807, 2.05) is 0 Å². The summed E-state index contributed by atoms with van der Waals surface area (Å²) in [6.07, 6.45) is 23.3. The Kier molecular flexibility index (Phi) is 17.8. The molecule has 0 amide bonds. The van der Waals surface area contributed by atoms with Crippen LogP contribution in [0.5, 0.6) is 0 Å². The monoisotopic (exact) mass is 338 g/mol. The van der Waals surface area contributed by atoms with Crippen molar-refractivity contribution in [1.82, 2.24) is 0 Å². The third-order valence-corrected chi connectivity index (χ3v) is 5.67. The molecule has 0 fully saturated rings. The largest absolute Gasteiger partial charge is 0.0654 e. The number of hydrogen-bond donors (Lipinski definition) is 0. The van der Waals surface area contributed by atoms with Crippen LogP contribution in [0.2, 0.25) is 0 Å². The van der Waals surface area contributed by atoms with Crippen LogP contribution in [0.25, 0.3) is 0 Å². The quantitative estimate of drug-likeness (QED) is 0.218. The maximum Gasteiger partial charge on any atom is -0.0443 e. The minimum atomic E-state index is 0.884. The summed E-state index contributed by atoms with van der Waals surface area (Å²) in [6.45, 7) is 11.9. The lowest BCUT2D eigenvalue weighted by molar-refractivity contribution is 0.394. The van der Waals surface area contributed by atoms with E-state index in [9.17, 15) is 0 Å². The van der Waals surface area contributed by atoms with E-state index in [2.05, 4.69) is 34.6 Å². The summed E-state index contributed by atoms with van der Waals surface area (Å²) in [4.78, 5) is 0. The van der Waals surface area contributed by atoms with Crippen LogP contribution in [0.1, 0.15) is 137 Å². The van der Waals surface area contributed by atoms with Gasteiger partial charge in [-0.2, -0.15) is 0 Å². The first-order valence-electron chi connectivity index (χ1n) is 11.6. The molecule has 0 radical (unpaired) electrons. The van der Waals surface area contributed by atoms with Crippen molar-refractivity contribution in [2.24, 2.45) is 17.8 Å². The molecule has 0 rings (SSSR count). The van der Waals surface area contributed by atoms with Gasteiger partial charge in [0.1, 0.15) is 0 Å². The lowest BCUT2D eigenvalue weighted by Crippen LogP contribution is -1.99. The van der Waals surface area contributed by atoms with Gasteiger partial charge < -0.3 is 0 Å². The minimum absolute atomic E-state index is 0.884. The molecule has 0 aliphatic heterocycles. The maximum atomic E-state index is 2.48. The first-order valence-corrected chi connectivity index (χ1v) is 11.6. The van der Waals surface area contributed by atoms with Crippen molar-refractivity contribution < 1.29 is 0 Å². The van der Waals surface area contributed by atoms with Crippen molar-refractivity contribution in [2.45, 2.75) is 137 Å². The van der Waals surface area contributed by atoms with E-state index in [1.54, 1.807) is 0 Å². The zero-order chi connectivity index (χ0) is 18.0. The van der Waals surface area contributed by atoms with Gasteiger partial charge in [0.25, 0.3) is 0 Å². The van der Waals surface area contributed by atoms with Crippen molar-refractivity contribution >= 4 is 0 Å². The van der Waals surface area contributed by atoms with Crippen LogP contribution in [0.15, 0.2) is 0 Å². The molecule has 0 bridgehead atoms. The van der Waals surface area contributed by atoms with Crippen LogP contribution >= 0.6 is 0 Å². The van der Waals surface area contributed by atoms with Crippen molar-refractivity contribution in [3.8, 4) is 0 Å². The van der Waals surface area contributed by atoms with Gasteiger partial charge in [0.15, 0.2) is 0 Å². The van der Waals surface area contributed by atoms with Crippen LogP contribution in [0.3, 0.4) is 0 Å². The van der Waals surface area contributed by atoms with Gasteiger partial charge >= 0.3 is 0 Å². The molecule has 0 saturated heterocycles. The Balaban J connectivity index is 3.29. The molecule has 2 atom stereocenters. The highest BCUT2D eigenvalue weighted by molar-refractivity contribution is 4.59. The summed E-state index contributed by atoms with van der Waals surface area (Å²) >= 11 is 0. The molecular formula is C24H50. The SMILES string of the molecule is CCCCCCCCCCC(C)CCCCC(C)CCCC(C)C. The van der Waals surface area contributed by atoms with Crippen LogP contribution in [0, 0.1) is 17.8 Å². The first kappa shape index (κ1) is 24.0. The van der Waals surface area contributed by atoms with Crippen molar-refractivity contribution in [3.05, 3.63) is 0 Å². The molecule has 0 nitrogen and oxygen atoms in total. The Morgan fingerprint density at radius 3 is 1.25 bits per heavy atom. The number of hydrogen-bond acceptors (Lipinski definition) is 0. The van der Waals surface area contributed by atoms with Crippen LogP contribution in [0.4, 0.5) is 0 Å². The Labute approximate surface area is 155 Å². The van der Waals surface area contributed by atoms with E-state index in [-0.39, 0.29) is 0 Å². The zero-order valence-corrected chi connectivity index (χ0v) is 18.0. The molecule has 0 aliphatic carbocycles. The summed E-state index contributed by atoms with van der Waals surface area (Å²) in [5.74, 6) is 2.79. The van der Waals surface area contributed by atoms with Gasteiger partial charge in [0, 0.05) is 0 Å². The molecule has 0 saturated carbocycles. The Bertz CT molecular complexity index is 230. The lowest BCUT2D eigenvalue weighted by Gasteiger charge is -2.14. The van der Waals surface area contributed by atoms with E-state index >= 15 is 0 Å². The second-order valence-electron chi connectivity index (χ2n) is 9.08. The molecule has 0 heterocycles. The standard InChI is InChI=1S/C24H50/c1-6-7-8-9-10-11-12-13-18-23(4)19-14-15-20-24(5)21-16-17-22(2)3/h22-24H,6-21H2,1-5H3. The topological polar surface area (TPSA) is 0 Å². The molecule has 24 heavy (non-hydrogen) atoms. The smallest absolute Gasteiger partial charge is 0.0443 e. The highest BCUT2D eigenvalue weighted by atomic mass is 14.1. The average molecular weight is 339 g/mol. The fraction of sp³-hybridized carbons (Fsp3) is 1.00. The van der Waals surface area contributed by atoms with Crippen LogP contribution in [-0.4, -0.2) is 0 Å². The van der Waals surface area contributed by atoms with E-state index in [4.69, 9.17) is 0 Å². The second kappa shape index (κ2) is 17.8. The molecule has 0 aliphatic rings. The highest BCUT2D eigenvalue weighted by Crippen LogP contribution is 2.21. The Morgan fingerprint density at radius 1 is 0.417 bits per heavy atom. The summed E-state index contributed by atoms with van der Waals surface area (Å²) in [6, 6.07) is 0. The average Bonchev–Trinajstić information content (AvgIpc) is 2.53. The summed E-state index contributed by atoms with van der Waals surface area (Å²) in [5, 5.41) is 0. The summed E-state index contributed by atoms with van der Waals surface area (Å²) in [7, 11) is 0. The summed E-state index contributed by atoms with van der Waals surface area (Å²) in [5.41, 5.74) is 0. The normalized spacial score (nSPS) is 14.2. The van der Waals surface area contributed by atoms with Crippen LogP contribution in [-0.2, 0) is 0 Å². The lowest BCUT2D eigenvalue weighted by atomic mass is 9.92. The van der Waals surface area contributed by atoms with Crippen molar-refractivity contribution in [3.63, 3.8) is 0 Å². The maximum absolute atomic E-state index is 2.48. The molecule has 2 unspecified atom stereocenters. The predicted octanol–water partition coefficient (Wildman–Crippen LogP) is 9.18. The molecule has 0 aromatic heterocycles. The third kappa shape index (κ3) is 18.3. The van der Waals surface area contributed by atoms with E-state index < -0.39 is 0 Å². The highest BCUT2D eigenvalue weighted by Gasteiger charge is 2.05. The van der Waals surface area contributed by atoms with E-state index in [1.165, 1.54) is 103 Å². The molecule has 0 aromatic carbocycles. The summed E-state index contributed by atoms with van der Waals surface area (Å²) < 4.78 is 0. The van der Waals surface area contributed by atoms with Gasteiger partial charge in [-0.1, -0.05) is 137 Å². The first-order chi connectivity index (χ1) is 11.6. The predicted molar refractivity (Wildman–Crippen MR) is 113 cm³/mol. The van der Waals surface area contributed by atoms with Gasteiger partial charge in [0.05, 0.1) is 0 Å². The fourth-order valence-corrected chi connectivity index (χ4v) is 3.78. The van der Waals surface area contributed by atoms with E-state index in [0.29, 0.717) is 0 Å². The molecule has 0 N–H and O–H groups in total. The minimum Gasteiger partial charge on any atom is -0.0654 e. The van der Waals surface area contributed by atoms with Gasteiger partial charge in [-0.05, 0) is 17.8 Å². The Hall–Kier alpha value is 0. The fourth-order valence-electron chi connectivity index (χ4n) is 3.78. The van der Waals surface area contributed by atoms with Gasteiger partial charge in [-0.3, -0.25) is 0 Å². The van der Waals surface area contributed by atoms with Gasteiger partial charge in [-0.25, -0.2) is 0 Å². The molecule has 0 heteroatoms. The molecule has 0 spiro atoms. The number of unbranched alkanes of at least 4 members (excludes halogenated alkanes) is 8. The molecule has 0 aromatic rings. The van der Waals surface area contributed by atoms with Gasteiger partial charge in [0.2, 0.25) is 0 Å². The van der Waals surface area contributed by atoms with E-state index in [0.717, 1.165) is 17.8 Å². The Morgan fingerprint density at radius 2 is 0.792 bits per heavy atom. The second-order valence-corrected chi connectivity index (χ2v) is 9.08. The van der Waals surface area contributed by atoms with Gasteiger partial charge in [-0.15, -0.1) is 0 Å². The van der Waals surface area contributed by atoms with Crippen molar-refractivity contribution in [1.29, 1.82) is 0 Å². The number of rotatable bonds is 18.